The molecule has 2 rings (SSSR count). The maximum Gasteiger partial charge on any atom is 0.293 e. The van der Waals surface area contributed by atoms with Gasteiger partial charge in [0.25, 0.3) is 5.91 Å². The molecule has 1 amide bonds. The van der Waals surface area contributed by atoms with Crippen molar-refractivity contribution in [3.63, 3.8) is 0 Å². The van der Waals surface area contributed by atoms with Crippen LogP contribution in [0.1, 0.15) is 16.7 Å². The fourth-order valence-corrected chi connectivity index (χ4v) is 1.69. The van der Waals surface area contributed by atoms with Crippen molar-refractivity contribution in [2.75, 3.05) is 6.54 Å². The Labute approximate surface area is 88.7 Å². The number of hydrogen-bond acceptors (Lipinski definition) is 2. The lowest BCUT2D eigenvalue weighted by molar-refractivity contribution is -0.112. The summed E-state index contributed by atoms with van der Waals surface area (Å²) in [5, 5.41) is 3.29. The third-order valence-electron chi connectivity index (χ3n) is 2.42. The Morgan fingerprint density at radius 2 is 2.27 bits per heavy atom. The van der Waals surface area contributed by atoms with E-state index in [1.54, 1.807) is 0 Å². The minimum atomic E-state index is -0.592. The van der Waals surface area contributed by atoms with Crippen molar-refractivity contribution in [3.05, 3.63) is 34.9 Å². The first-order valence-corrected chi connectivity index (χ1v) is 4.90. The summed E-state index contributed by atoms with van der Waals surface area (Å²) in [7, 11) is 0. The lowest BCUT2D eigenvalue weighted by Gasteiger charge is -2.16. The van der Waals surface area contributed by atoms with E-state index in [0.717, 1.165) is 25.1 Å². The van der Waals surface area contributed by atoms with Gasteiger partial charge in [0.05, 0.1) is 0 Å². The van der Waals surface area contributed by atoms with Crippen molar-refractivity contribution in [3.8, 4) is 11.8 Å². The van der Waals surface area contributed by atoms with E-state index in [4.69, 9.17) is 5.73 Å². The zero-order valence-electron chi connectivity index (χ0n) is 8.34. The summed E-state index contributed by atoms with van der Waals surface area (Å²) in [4.78, 5) is 10.5. The number of carbonyl (C=O) groups is 1. The van der Waals surface area contributed by atoms with Crippen molar-refractivity contribution in [1.82, 2.24) is 5.32 Å². The number of rotatable bonds is 0. The van der Waals surface area contributed by atoms with Crippen LogP contribution in [0.15, 0.2) is 18.2 Å². The molecule has 0 spiro atoms. The number of benzene rings is 1. The molecule has 0 saturated heterocycles. The van der Waals surface area contributed by atoms with Crippen LogP contribution in [-0.2, 0) is 17.8 Å². The van der Waals surface area contributed by atoms with E-state index in [-0.39, 0.29) is 0 Å². The second kappa shape index (κ2) is 4.16. The second-order valence-electron chi connectivity index (χ2n) is 3.52. The van der Waals surface area contributed by atoms with Gasteiger partial charge in [-0.2, -0.15) is 0 Å². The number of amides is 1. The van der Waals surface area contributed by atoms with Crippen molar-refractivity contribution < 1.29 is 4.79 Å². The molecule has 15 heavy (non-hydrogen) atoms. The molecule has 0 fully saturated rings. The molecule has 3 nitrogen and oxygen atoms in total. The summed E-state index contributed by atoms with van der Waals surface area (Å²) in [5.74, 6) is 4.49. The number of fused-ring (bicyclic) bond motifs is 1. The number of hydrogen-bond donors (Lipinski definition) is 2. The van der Waals surface area contributed by atoms with E-state index in [0.29, 0.717) is 0 Å². The zero-order valence-corrected chi connectivity index (χ0v) is 8.34. The lowest BCUT2D eigenvalue weighted by Crippen LogP contribution is -2.23. The van der Waals surface area contributed by atoms with Crippen molar-refractivity contribution in [2.45, 2.75) is 13.0 Å². The summed E-state index contributed by atoms with van der Waals surface area (Å²) in [6.07, 6.45) is 1.05. The molecule has 0 aromatic heterocycles. The van der Waals surface area contributed by atoms with Gasteiger partial charge in [-0.15, -0.1) is 0 Å². The number of nitrogens with two attached hydrogens (primary N) is 1. The van der Waals surface area contributed by atoms with Crippen LogP contribution in [0.5, 0.6) is 0 Å². The molecule has 3 N–H and O–H groups in total. The van der Waals surface area contributed by atoms with Crippen LogP contribution >= 0.6 is 0 Å². The summed E-state index contributed by atoms with van der Waals surface area (Å²) in [6.45, 7) is 1.90. The third kappa shape index (κ3) is 2.36. The molecule has 0 atom stereocenters. The van der Waals surface area contributed by atoms with Crippen LogP contribution in [-0.4, -0.2) is 12.5 Å². The molecule has 1 aliphatic rings. The quantitative estimate of drug-likeness (QED) is 0.586. The lowest BCUT2D eigenvalue weighted by atomic mass is 9.99. The van der Waals surface area contributed by atoms with Crippen molar-refractivity contribution in [1.29, 1.82) is 0 Å². The molecule has 1 aromatic rings. The van der Waals surface area contributed by atoms with Crippen molar-refractivity contribution >= 4 is 5.91 Å². The number of carbonyl (C=O) groups excluding carboxylic acids is 1. The molecule has 0 radical (unpaired) electrons. The van der Waals surface area contributed by atoms with Gasteiger partial charge in [0.15, 0.2) is 0 Å². The monoisotopic (exact) mass is 200 g/mol. The van der Waals surface area contributed by atoms with E-state index in [1.165, 1.54) is 11.1 Å². The fourth-order valence-electron chi connectivity index (χ4n) is 1.69. The van der Waals surface area contributed by atoms with Crippen LogP contribution in [0.4, 0.5) is 0 Å². The average molecular weight is 200 g/mol. The first-order valence-electron chi connectivity index (χ1n) is 4.90. The van der Waals surface area contributed by atoms with Crippen LogP contribution < -0.4 is 11.1 Å². The van der Waals surface area contributed by atoms with E-state index < -0.39 is 5.91 Å². The molecule has 1 aliphatic heterocycles. The van der Waals surface area contributed by atoms with Gasteiger partial charge in [0, 0.05) is 12.1 Å². The summed E-state index contributed by atoms with van der Waals surface area (Å²) >= 11 is 0. The molecule has 0 aliphatic carbocycles. The highest BCUT2D eigenvalue weighted by Gasteiger charge is 2.07. The molecule has 1 heterocycles. The Balaban J connectivity index is 2.29. The Kier molecular flexibility index (Phi) is 2.70. The van der Waals surface area contributed by atoms with E-state index >= 15 is 0 Å². The first-order chi connectivity index (χ1) is 7.25. The fraction of sp³-hybridized carbons (Fsp3) is 0.250. The maximum atomic E-state index is 10.5. The van der Waals surface area contributed by atoms with E-state index in [1.807, 2.05) is 12.1 Å². The molecular formula is C12H12N2O. The topological polar surface area (TPSA) is 55.1 Å². The van der Waals surface area contributed by atoms with Gasteiger partial charge >= 0.3 is 0 Å². The van der Waals surface area contributed by atoms with Gasteiger partial charge in [-0.3, -0.25) is 4.79 Å². The van der Waals surface area contributed by atoms with Crippen LogP contribution in [0.25, 0.3) is 0 Å². The van der Waals surface area contributed by atoms with Crippen LogP contribution in [0, 0.1) is 11.8 Å². The first kappa shape index (κ1) is 9.75. The number of nitrogens with one attached hydrogen (secondary N) is 1. The van der Waals surface area contributed by atoms with Gasteiger partial charge in [-0.05, 0) is 42.1 Å². The highest BCUT2D eigenvalue weighted by molar-refractivity contribution is 5.92. The van der Waals surface area contributed by atoms with Gasteiger partial charge < -0.3 is 11.1 Å². The molecule has 76 valence electrons. The van der Waals surface area contributed by atoms with E-state index in [2.05, 4.69) is 23.2 Å². The van der Waals surface area contributed by atoms with Gasteiger partial charge in [0.1, 0.15) is 0 Å². The van der Waals surface area contributed by atoms with Gasteiger partial charge in [-0.25, -0.2) is 0 Å². The average Bonchev–Trinajstić information content (AvgIpc) is 2.26. The SMILES string of the molecule is NC(=O)C#Cc1ccc2c(c1)CNCC2. The molecule has 0 saturated carbocycles. The Hall–Kier alpha value is -1.79. The van der Waals surface area contributed by atoms with Gasteiger partial charge in [0.2, 0.25) is 0 Å². The predicted molar refractivity (Wildman–Crippen MR) is 57.9 cm³/mol. The maximum absolute atomic E-state index is 10.5. The Morgan fingerprint density at radius 3 is 3.07 bits per heavy atom. The second-order valence-corrected chi connectivity index (χ2v) is 3.52. The van der Waals surface area contributed by atoms with Crippen LogP contribution in [0.2, 0.25) is 0 Å². The van der Waals surface area contributed by atoms with Crippen molar-refractivity contribution in [2.24, 2.45) is 5.73 Å². The minimum Gasteiger partial charge on any atom is -0.359 e. The molecular weight excluding hydrogens is 188 g/mol. The molecule has 1 aromatic carbocycles. The summed E-state index contributed by atoms with van der Waals surface area (Å²) < 4.78 is 0. The van der Waals surface area contributed by atoms with Crippen LogP contribution in [0.3, 0.4) is 0 Å². The molecule has 0 bridgehead atoms. The highest BCUT2D eigenvalue weighted by atomic mass is 16.1. The Morgan fingerprint density at radius 1 is 1.40 bits per heavy atom. The van der Waals surface area contributed by atoms with E-state index in [9.17, 15) is 4.79 Å². The molecule has 3 heteroatoms. The smallest absolute Gasteiger partial charge is 0.293 e. The molecule has 0 unspecified atom stereocenters. The van der Waals surface area contributed by atoms with Gasteiger partial charge in [-0.1, -0.05) is 12.0 Å². The number of primary amides is 1. The normalized spacial score (nSPS) is 13.6. The standard InChI is InChI=1S/C12H12N2O/c13-12(15)4-2-9-1-3-10-5-6-14-8-11(10)7-9/h1,3,7,14H,5-6,8H2,(H2,13,15). The predicted octanol–water partition coefficient (Wildman–Crippen LogP) is 0.169. The summed E-state index contributed by atoms with van der Waals surface area (Å²) in [5.41, 5.74) is 8.42. The third-order valence-corrected chi connectivity index (χ3v) is 2.42. The highest BCUT2D eigenvalue weighted by Crippen LogP contribution is 2.15. The summed E-state index contributed by atoms with van der Waals surface area (Å²) in [6, 6.07) is 6.01. The Bertz CT molecular complexity index is 454. The largest absolute Gasteiger partial charge is 0.359 e. The minimum absolute atomic E-state index is 0.592. The zero-order chi connectivity index (χ0) is 10.7.